The summed E-state index contributed by atoms with van der Waals surface area (Å²) >= 11 is 0. The Kier molecular flexibility index (Phi) is 10.6. The number of hydrogen-bond donors (Lipinski definition) is 1. The molecule has 232 valence electrons. The summed E-state index contributed by atoms with van der Waals surface area (Å²) in [6.45, 7) is 5.48. The minimum atomic E-state index is -0.557. The minimum Gasteiger partial charge on any atom is -0.497 e. The highest BCUT2D eigenvalue weighted by molar-refractivity contribution is 5.86. The number of nitrogens with one attached hydrogen (secondary N) is 1. The fourth-order valence-corrected chi connectivity index (χ4v) is 6.31. The van der Waals surface area contributed by atoms with Gasteiger partial charge in [0.25, 0.3) is 0 Å². The Labute approximate surface area is 259 Å². The van der Waals surface area contributed by atoms with Crippen molar-refractivity contribution in [2.24, 2.45) is 0 Å². The summed E-state index contributed by atoms with van der Waals surface area (Å²) in [6.07, 6.45) is 4.62. The van der Waals surface area contributed by atoms with Gasteiger partial charge in [-0.05, 0) is 92.6 Å². The summed E-state index contributed by atoms with van der Waals surface area (Å²) in [5, 5.41) is 4.05. The lowest BCUT2D eigenvalue weighted by Gasteiger charge is -2.34. The number of aryl methyl sites for hydroxylation is 3. The molecule has 2 amide bonds. The van der Waals surface area contributed by atoms with Crippen LogP contribution in [-0.4, -0.2) is 55.4 Å². The van der Waals surface area contributed by atoms with Crippen LogP contribution in [0.5, 0.6) is 11.5 Å². The molecule has 1 aliphatic rings. The molecular formula is C36H43N3O5. The number of anilines is 1. The summed E-state index contributed by atoms with van der Waals surface area (Å²) in [4.78, 5) is 27.7. The van der Waals surface area contributed by atoms with Gasteiger partial charge < -0.3 is 23.7 Å². The lowest BCUT2D eigenvalue weighted by atomic mass is 9.91. The zero-order chi connectivity index (χ0) is 30.9. The molecule has 0 bridgehead atoms. The van der Waals surface area contributed by atoms with Crippen LogP contribution < -0.4 is 14.8 Å². The Balaban J connectivity index is 1.12. The van der Waals surface area contributed by atoms with Crippen LogP contribution in [-0.2, 0) is 22.5 Å². The topological polar surface area (TPSA) is 82.0 Å². The first-order valence-electron chi connectivity index (χ1n) is 15.5. The van der Waals surface area contributed by atoms with Crippen molar-refractivity contribution in [2.75, 3.05) is 39.2 Å². The predicted octanol–water partition coefficient (Wildman–Crippen LogP) is 7.33. The van der Waals surface area contributed by atoms with Gasteiger partial charge in [0.2, 0.25) is 5.91 Å². The van der Waals surface area contributed by atoms with E-state index in [0.29, 0.717) is 29.5 Å². The maximum atomic E-state index is 13.3. The van der Waals surface area contributed by atoms with Crippen molar-refractivity contribution in [3.05, 3.63) is 89.6 Å². The number of hydrogen-bond acceptors (Lipinski definition) is 5. The van der Waals surface area contributed by atoms with Gasteiger partial charge in [0, 0.05) is 68.0 Å². The SMILES string of the molecule is COCCCn1c(C2CCCN(C(=O)CCCc3ccc(NC(=O)Oc4ccc(OC)cc4)cc3)C2)c(C)c2ccccc21. The molecule has 4 aromatic rings. The second-order valence-electron chi connectivity index (χ2n) is 11.4. The molecule has 1 saturated heterocycles. The molecule has 1 aromatic heterocycles. The van der Waals surface area contributed by atoms with Crippen LogP contribution in [0, 0.1) is 6.92 Å². The minimum absolute atomic E-state index is 0.231. The number of carbonyl (C=O) groups excluding carboxylic acids is 2. The van der Waals surface area contributed by atoms with E-state index in [1.807, 2.05) is 24.3 Å². The number of fused-ring (bicyclic) bond motifs is 1. The molecule has 0 saturated carbocycles. The van der Waals surface area contributed by atoms with Gasteiger partial charge in [-0.1, -0.05) is 30.3 Å². The lowest BCUT2D eigenvalue weighted by molar-refractivity contribution is -0.132. The van der Waals surface area contributed by atoms with Crippen molar-refractivity contribution in [1.29, 1.82) is 0 Å². The molecule has 0 aliphatic carbocycles. The summed E-state index contributed by atoms with van der Waals surface area (Å²) in [6, 6.07) is 23.1. The fraction of sp³-hybridized carbons (Fsp3) is 0.389. The molecule has 1 atom stereocenters. The highest BCUT2D eigenvalue weighted by Crippen LogP contribution is 2.36. The number of benzene rings is 3. The van der Waals surface area contributed by atoms with Crippen molar-refractivity contribution >= 4 is 28.6 Å². The summed E-state index contributed by atoms with van der Waals surface area (Å²) < 4.78 is 18.3. The van der Waals surface area contributed by atoms with Crippen molar-refractivity contribution in [3.8, 4) is 11.5 Å². The largest absolute Gasteiger partial charge is 0.497 e. The second kappa shape index (κ2) is 14.9. The number of amides is 2. The number of nitrogens with zero attached hydrogens (tertiary/aromatic N) is 2. The Morgan fingerprint density at radius 3 is 2.43 bits per heavy atom. The smallest absolute Gasteiger partial charge is 0.417 e. The van der Waals surface area contributed by atoms with Crippen LogP contribution in [0.15, 0.2) is 72.8 Å². The van der Waals surface area contributed by atoms with E-state index in [2.05, 4.69) is 46.0 Å². The van der Waals surface area contributed by atoms with E-state index in [1.165, 1.54) is 22.2 Å². The van der Waals surface area contributed by atoms with Gasteiger partial charge in [-0.2, -0.15) is 0 Å². The zero-order valence-electron chi connectivity index (χ0n) is 26.0. The van der Waals surface area contributed by atoms with Gasteiger partial charge in [0.15, 0.2) is 0 Å². The van der Waals surface area contributed by atoms with E-state index in [4.69, 9.17) is 14.2 Å². The van der Waals surface area contributed by atoms with E-state index in [-0.39, 0.29) is 5.91 Å². The fourth-order valence-electron chi connectivity index (χ4n) is 6.31. The lowest BCUT2D eigenvalue weighted by Crippen LogP contribution is -2.39. The van der Waals surface area contributed by atoms with Crippen molar-refractivity contribution in [2.45, 2.75) is 57.9 Å². The number of rotatable bonds is 12. The van der Waals surface area contributed by atoms with E-state index in [9.17, 15) is 9.59 Å². The Bertz CT molecular complexity index is 1540. The molecule has 5 rings (SSSR count). The average molecular weight is 598 g/mol. The van der Waals surface area contributed by atoms with Crippen LogP contribution in [0.3, 0.4) is 0 Å². The predicted molar refractivity (Wildman–Crippen MR) is 174 cm³/mol. The summed E-state index contributed by atoms with van der Waals surface area (Å²) in [5.41, 5.74) is 5.76. The third-order valence-electron chi connectivity index (χ3n) is 8.49. The van der Waals surface area contributed by atoms with Crippen molar-refractivity contribution in [3.63, 3.8) is 0 Å². The van der Waals surface area contributed by atoms with Crippen LogP contribution in [0.2, 0.25) is 0 Å². The third kappa shape index (κ3) is 7.61. The zero-order valence-corrected chi connectivity index (χ0v) is 26.0. The van der Waals surface area contributed by atoms with E-state index >= 15 is 0 Å². The van der Waals surface area contributed by atoms with E-state index in [1.54, 1.807) is 38.5 Å². The number of aromatic nitrogens is 1. The maximum Gasteiger partial charge on any atom is 0.417 e. The molecule has 1 aliphatic heterocycles. The van der Waals surface area contributed by atoms with Gasteiger partial charge in [0.1, 0.15) is 11.5 Å². The number of carbonyl (C=O) groups is 2. The number of para-hydroxylation sites is 1. The quantitative estimate of drug-likeness (QED) is 0.173. The van der Waals surface area contributed by atoms with E-state index < -0.39 is 6.09 Å². The normalized spacial score (nSPS) is 14.9. The van der Waals surface area contributed by atoms with Crippen LogP contribution in [0.4, 0.5) is 10.5 Å². The molecule has 44 heavy (non-hydrogen) atoms. The standard InChI is InChI=1S/C36H43N3O5/c1-26-32-11-4-5-12-33(32)39(23-8-24-42-2)35(26)28-10-7-22-38(25-28)34(40)13-6-9-27-14-16-29(17-15-27)37-36(41)44-31-20-18-30(43-3)19-21-31/h4-5,11-12,14-21,28H,6-10,13,22-25H2,1-3H3,(H,37,41). The first-order valence-corrected chi connectivity index (χ1v) is 15.5. The highest BCUT2D eigenvalue weighted by atomic mass is 16.6. The first kappa shape index (κ1) is 31.1. The molecule has 8 heteroatoms. The molecule has 2 heterocycles. The van der Waals surface area contributed by atoms with Gasteiger partial charge in [-0.25, -0.2) is 4.79 Å². The van der Waals surface area contributed by atoms with E-state index in [0.717, 1.165) is 63.9 Å². The Hall–Kier alpha value is -4.30. The molecule has 1 unspecified atom stereocenters. The van der Waals surface area contributed by atoms with Crippen LogP contribution in [0.25, 0.3) is 10.9 Å². The molecule has 0 radical (unpaired) electrons. The van der Waals surface area contributed by atoms with Gasteiger partial charge >= 0.3 is 6.09 Å². The highest BCUT2D eigenvalue weighted by Gasteiger charge is 2.29. The number of methoxy groups -OCH3 is 2. The monoisotopic (exact) mass is 597 g/mol. The number of likely N-dealkylation sites (tertiary alicyclic amines) is 1. The van der Waals surface area contributed by atoms with Crippen molar-refractivity contribution in [1.82, 2.24) is 9.47 Å². The molecule has 1 N–H and O–H groups in total. The molecule has 1 fully saturated rings. The van der Waals surface area contributed by atoms with Gasteiger partial charge in [-0.3, -0.25) is 10.1 Å². The maximum absolute atomic E-state index is 13.3. The molecule has 0 spiro atoms. The molecule has 8 nitrogen and oxygen atoms in total. The molecule has 3 aromatic carbocycles. The first-order chi connectivity index (χ1) is 21.5. The van der Waals surface area contributed by atoms with Gasteiger partial charge in [-0.15, -0.1) is 0 Å². The Morgan fingerprint density at radius 1 is 0.932 bits per heavy atom. The van der Waals surface area contributed by atoms with Gasteiger partial charge in [0.05, 0.1) is 7.11 Å². The number of ether oxygens (including phenoxy) is 3. The average Bonchev–Trinajstić information content (AvgIpc) is 3.33. The summed E-state index contributed by atoms with van der Waals surface area (Å²) in [5.74, 6) is 1.69. The van der Waals surface area contributed by atoms with Crippen molar-refractivity contribution < 1.29 is 23.8 Å². The van der Waals surface area contributed by atoms with Crippen LogP contribution >= 0.6 is 0 Å². The van der Waals surface area contributed by atoms with Crippen LogP contribution in [0.1, 0.15) is 54.8 Å². The number of piperidine rings is 1. The second-order valence-corrected chi connectivity index (χ2v) is 11.4. The third-order valence-corrected chi connectivity index (χ3v) is 8.49. The molecular weight excluding hydrogens is 554 g/mol. The Morgan fingerprint density at radius 2 is 1.68 bits per heavy atom. The summed E-state index contributed by atoms with van der Waals surface area (Å²) in [7, 11) is 3.34.